The number of nitrogens with zero attached hydrogens (tertiary/aromatic N) is 1. The van der Waals surface area contributed by atoms with E-state index in [4.69, 9.17) is 0 Å². The van der Waals surface area contributed by atoms with Crippen molar-refractivity contribution in [2.24, 2.45) is 0 Å². The number of piperidine rings is 1. The summed E-state index contributed by atoms with van der Waals surface area (Å²) in [5.41, 5.74) is 1.20. The molecule has 2 unspecified atom stereocenters. The molecule has 1 aromatic rings. The van der Waals surface area contributed by atoms with E-state index in [1.807, 2.05) is 12.1 Å². The molecule has 2 rings (SSSR count). The predicted molar refractivity (Wildman–Crippen MR) is 77.7 cm³/mol. The number of benzene rings is 1. The smallest absolute Gasteiger partial charge is 0.123 e. The topological polar surface area (TPSA) is 15.3 Å². The second kappa shape index (κ2) is 6.49. The Bertz CT molecular complexity index is 388. The number of rotatable bonds is 4. The van der Waals surface area contributed by atoms with E-state index in [1.165, 1.54) is 18.4 Å². The lowest BCUT2D eigenvalue weighted by atomic mass is 10.00. The molecule has 0 amide bonds. The standard InChI is InChI=1S/C16H25FN2/c1-12(2)18-16-5-4-10-19(11-16)13(3)14-6-8-15(17)9-7-14/h6-9,12-13,16,18H,4-5,10-11H2,1-3H3. The summed E-state index contributed by atoms with van der Waals surface area (Å²) in [4.78, 5) is 2.50. The number of hydrogen-bond donors (Lipinski definition) is 1. The van der Waals surface area contributed by atoms with E-state index in [0.717, 1.165) is 13.1 Å². The van der Waals surface area contributed by atoms with E-state index >= 15 is 0 Å². The van der Waals surface area contributed by atoms with Crippen molar-refractivity contribution in [2.75, 3.05) is 13.1 Å². The van der Waals surface area contributed by atoms with E-state index in [-0.39, 0.29) is 5.82 Å². The van der Waals surface area contributed by atoms with Crippen LogP contribution in [0.25, 0.3) is 0 Å². The van der Waals surface area contributed by atoms with Crippen LogP contribution in [0.1, 0.15) is 45.2 Å². The van der Waals surface area contributed by atoms with E-state index in [0.29, 0.717) is 18.1 Å². The van der Waals surface area contributed by atoms with Gasteiger partial charge in [-0.3, -0.25) is 4.90 Å². The normalized spacial score (nSPS) is 22.7. The SMILES string of the molecule is CC(C)NC1CCCN(C(C)c2ccc(F)cc2)C1. The van der Waals surface area contributed by atoms with Crippen molar-refractivity contribution in [3.05, 3.63) is 35.6 Å². The van der Waals surface area contributed by atoms with Gasteiger partial charge in [-0.25, -0.2) is 4.39 Å². The van der Waals surface area contributed by atoms with Crippen LogP contribution < -0.4 is 5.32 Å². The van der Waals surface area contributed by atoms with Gasteiger partial charge >= 0.3 is 0 Å². The molecule has 0 spiro atoms. The highest BCUT2D eigenvalue weighted by atomic mass is 19.1. The first kappa shape index (κ1) is 14.5. The summed E-state index contributed by atoms with van der Waals surface area (Å²) in [5, 5.41) is 3.63. The molecule has 2 atom stereocenters. The summed E-state index contributed by atoms with van der Waals surface area (Å²) in [7, 11) is 0. The number of hydrogen-bond acceptors (Lipinski definition) is 2. The maximum Gasteiger partial charge on any atom is 0.123 e. The van der Waals surface area contributed by atoms with E-state index in [2.05, 4.69) is 31.0 Å². The Morgan fingerprint density at radius 3 is 2.53 bits per heavy atom. The zero-order valence-electron chi connectivity index (χ0n) is 12.2. The molecule has 1 heterocycles. The van der Waals surface area contributed by atoms with Crippen LogP contribution in [-0.2, 0) is 0 Å². The van der Waals surface area contributed by atoms with Gasteiger partial charge in [0.25, 0.3) is 0 Å². The average Bonchev–Trinajstić information content (AvgIpc) is 2.38. The van der Waals surface area contributed by atoms with E-state index in [1.54, 1.807) is 12.1 Å². The molecule has 0 radical (unpaired) electrons. The molecule has 1 aliphatic heterocycles. The fourth-order valence-electron chi connectivity index (χ4n) is 2.92. The van der Waals surface area contributed by atoms with Gasteiger partial charge in [-0.1, -0.05) is 26.0 Å². The largest absolute Gasteiger partial charge is 0.311 e. The lowest BCUT2D eigenvalue weighted by molar-refractivity contribution is 0.142. The van der Waals surface area contributed by atoms with E-state index < -0.39 is 0 Å². The molecule has 0 aromatic heterocycles. The van der Waals surface area contributed by atoms with Gasteiger partial charge in [0.2, 0.25) is 0 Å². The van der Waals surface area contributed by atoms with Gasteiger partial charge < -0.3 is 5.32 Å². The summed E-state index contributed by atoms with van der Waals surface area (Å²) in [6.45, 7) is 8.82. The van der Waals surface area contributed by atoms with Gasteiger partial charge in [0.05, 0.1) is 0 Å². The quantitative estimate of drug-likeness (QED) is 0.897. The molecule has 1 aliphatic rings. The zero-order valence-corrected chi connectivity index (χ0v) is 12.2. The summed E-state index contributed by atoms with van der Waals surface area (Å²) in [5.74, 6) is -0.158. The van der Waals surface area contributed by atoms with Gasteiger partial charge in [0.1, 0.15) is 5.82 Å². The van der Waals surface area contributed by atoms with Crippen molar-refractivity contribution in [1.82, 2.24) is 10.2 Å². The van der Waals surface area contributed by atoms with Crippen LogP contribution in [0.15, 0.2) is 24.3 Å². The first-order valence-electron chi connectivity index (χ1n) is 7.32. The Kier molecular flexibility index (Phi) is 4.94. The first-order valence-corrected chi connectivity index (χ1v) is 7.32. The van der Waals surface area contributed by atoms with Crippen LogP contribution in [0.5, 0.6) is 0 Å². The molecule has 106 valence electrons. The van der Waals surface area contributed by atoms with Crippen molar-refractivity contribution in [2.45, 2.75) is 51.7 Å². The van der Waals surface area contributed by atoms with Gasteiger partial charge in [-0.05, 0) is 44.0 Å². The van der Waals surface area contributed by atoms with Crippen molar-refractivity contribution in [3.8, 4) is 0 Å². The maximum atomic E-state index is 13.0. The highest BCUT2D eigenvalue weighted by Gasteiger charge is 2.24. The van der Waals surface area contributed by atoms with Crippen molar-refractivity contribution in [3.63, 3.8) is 0 Å². The maximum absolute atomic E-state index is 13.0. The van der Waals surface area contributed by atoms with Crippen LogP contribution in [-0.4, -0.2) is 30.1 Å². The molecule has 0 saturated carbocycles. The molecule has 19 heavy (non-hydrogen) atoms. The highest BCUT2D eigenvalue weighted by Crippen LogP contribution is 2.24. The minimum atomic E-state index is -0.158. The van der Waals surface area contributed by atoms with Crippen LogP contribution in [0.3, 0.4) is 0 Å². The molecule has 1 saturated heterocycles. The van der Waals surface area contributed by atoms with Crippen LogP contribution in [0, 0.1) is 5.82 Å². The lowest BCUT2D eigenvalue weighted by Crippen LogP contribution is -2.48. The molecule has 1 aromatic carbocycles. The number of likely N-dealkylation sites (tertiary alicyclic amines) is 1. The second-order valence-electron chi connectivity index (χ2n) is 5.88. The third-order valence-corrected chi connectivity index (χ3v) is 3.92. The summed E-state index contributed by atoms with van der Waals surface area (Å²) >= 11 is 0. The van der Waals surface area contributed by atoms with Crippen LogP contribution in [0.2, 0.25) is 0 Å². The van der Waals surface area contributed by atoms with Crippen molar-refractivity contribution in [1.29, 1.82) is 0 Å². The fraction of sp³-hybridized carbons (Fsp3) is 0.625. The summed E-state index contributed by atoms with van der Waals surface area (Å²) < 4.78 is 13.0. The Labute approximate surface area is 116 Å². The molecular formula is C16H25FN2. The predicted octanol–water partition coefficient (Wildman–Crippen LogP) is 3.35. The zero-order chi connectivity index (χ0) is 13.8. The Morgan fingerprint density at radius 2 is 1.89 bits per heavy atom. The molecule has 1 fully saturated rings. The highest BCUT2D eigenvalue weighted by molar-refractivity contribution is 5.19. The Balaban J connectivity index is 1.98. The van der Waals surface area contributed by atoms with Gasteiger partial charge in [0.15, 0.2) is 0 Å². The Morgan fingerprint density at radius 1 is 1.21 bits per heavy atom. The van der Waals surface area contributed by atoms with Gasteiger partial charge in [-0.2, -0.15) is 0 Å². The van der Waals surface area contributed by atoms with E-state index in [9.17, 15) is 4.39 Å². The van der Waals surface area contributed by atoms with Gasteiger partial charge in [0, 0.05) is 24.7 Å². The molecule has 0 bridgehead atoms. The Hall–Kier alpha value is -0.930. The monoisotopic (exact) mass is 264 g/mol. The summed E-state index contributed by atoms with van der Waals surface area (Å²) in [6, 6.07) is 8.39. The molecular weight excluding hydrogens is 239 g/mol. The molecule has 3 heteroatoms. The molecule has 0 aliphatic carbocycles. The molecule has 2 nitrogen and oxygen atoms in total. The minimum absolute atomic E-state index is 0.158. The minimum Gasteiger partial charge on any atom is -0.311 e. The number of nitrogens with one attached hydrogen (secondary N) is 1. The summed E-state index contributed by atoms with van der Waals surface area (Å²) in [6.07, 6.45) is 2.49. The second-order valence-corrected chi connectivity index (χ2v) is 5.88. The van der Waals surface area contributed by atoms with Crippen molar-refractivity contribution >= 4 is 0 Å². The average molecular weight is 264 g/mol. The number of halogens is 1. The third kappa shape index (κ3) is 4.02. The third-order valence-electron chi connectivity index (χ3n) is 3.92. The lowest BCUT2D eigenvalue weighted by Gasteiger charge is -2.38. The van der Waals surface area contributed by atoms with Crippen LogP contribution >= 0.6 is 0 Å². The van der Waals surface area contributed by atoms with Crippen molar-refractivity contribution < 1.29 is 4.39 Å². The first-order chi connectivity index (χ1) is 9.06. The fourth-order valence-corrected chi connectivity index (χ4v) is 2.92. The van der Waals surface area contributed by atoms with Crippen LogP contribution in [0.4, 0.5) is 4.39 Å². The van der Waals surface area contributed by atoms with Gasteiger partial charge in [-0.15, -0.1) is 0 Å². The molecule has 1 N–H and O–H groups in total.